The molecule has 1 aliphatic rings. The van der Waals surface area contributed by atoms with Gasteiger partial charge in [-0.25, -0.2) is 0 Å². The predicted octanol–water partition coefficient (Wildman–Crippen LogP) is 2.39. The molecule has 0 spiro atoms. The van der Waals surface area contributed by atoms with Gasteiger partial charge in [-0.05, 0) is 17.5 Å². The third-order valence-corrected chi connectivity index (χ3v) is 2.32. The number of fused-ring (bicyclic) bond motifs is 1. The number of carbonyl (C=O) groups is 1. The summed E-state index contributed by atoms with van der Waals surface area (Å²) in [6, 6.07) is 5.76. The van der Waals surface area contributed by atoms with Crippen LogP contribution in [0.3, 0.4) is 0 Å². The summed E-state index contributed by atoms with van der Waals surface area (Å²) in [7, 11) is 0. The molecule has 2 nitrogen and oxygen atoms in total. The largest absolute Gasteiger partial charge is 0.484 e. The van der Waals surface area contributed by atoms with Gasteiger partial charge in [0.05, 0.1) is 5.56 Å². The molecular formula is C11H12O2. The van der Waals surface area contributed by atoms with Gasteiger partial charge >= 0.3 is 0 Å². The van der Waals surface area contributed by atoms with Crippen LogP contribution in [0.4, 0.5) is 0 Å². The number of benzene rings is 1. The van der Waals surface area contributed by atoms with E-state index in [0.29, 0.717) is 5.92 Å². The van der Waals surface area contributed by atoms with Crippen LogP contribution in [0.25, 0.3) is 0 Å². The molecule has 1 aromatic rings. The molecule has 0 saturated carbocycles. The smallest absolute Gasteiger partial charge is 0.203 e. The second-order valence-electron chi connectivity index (χ2n) is 3.59. The normalized spacial score (nSPS) is 14.5. The second-order valence-corrected chi connectivity index (χ2v) is 3.59. The van der Waals surface area contributed by atoms with Crippen LogP contribution in [0, 0.1) is 0 Å². The fourth-order valence-electron chi connectivity index (χ4n) is 1.61. The molecule has 2 heteroatoms. The zero-order valence-electron chi connectivity index (χ0n) is 7.83. The van der Waals surface area contributed by atoms with Gasteiger partial charge in [-0.3, -0.25) is 4.79 Å². The molecule has 0 unspecified atom stereocenters. The van der Waals surface area contributed by atoms with Crippen molar-refractivity contribution in [1.29, 1.82) is 0 Å². The van der Waals surface area contributed by atoms with Crippen molar-refractivity contribution in [2.75, 3.05) is 6.61 Å². The van der Waals surface area contributed by atoms with E-state index in [1.807, 2.05) is 18.2 Å². The van der Waals surface area contributed by atoms with Crippen LogP contribution < -0.4 is 4.74 Å². The van der Waals surface area contributed by atoms with E-state index < -0.39 is 0 Å². The van der Waals surface area contributed by atoms with E-state index >= 15 is 0 Å². The summed E-state index contributed by atoms with van der Waals surface area (Å²) < 4.78 is 5.35. The Balaban J connectivity index is 2.57. The van der Waals surface area contributed by atoms with Crippen molar-refractivity contribution in [2.45, 2.75) is 19.8 Å². The summed E-state index contributed by atoms with van der Waals surface area (Å²) in [5.41, 5.74) is 1.87. The highest BCUT2D eigenvalue weighted by Crippen LogP contribution is 2.33. The average molecular weight is 176 g/mol. The first-order valence-electron chi connectivity index (χ1n) is 4.49. The number of hydrogen-bond acceptors (Lipinski definition) is 2. The molecule has 2 rings (SSSR count). The Morgan fingerprint density at radius 2 is 2.15 bits per heavy atom. The van der Waals surface area contributed by atoms with Gasteiger partial charge in [0.25, 0.3) is 0 Å². The predicted molar refractivity (Wildman–Crippen MR) is 50.4 cm³/mol. The average Bonchev–Trinajstić information content (AvgIpc) is 2.48. The zero-order valence-corrected chi connectivity index (χ0v) is 7.83. The third kappa shape index (κ3) is 1.22. The van der Waals surface area contributed by atoms with Gasteiger partial charge in [-0.1, -0.05) is 26.0 Å². The van der Waals surface area contributed by atoms with Crippen LogP contribution in [-0.4, -0.2) is 12.4 Å². The quantitative estimate of drug-likeness (QED) is 0.656. The van der Waals surface area contributed by atoms with E-state index in [-0.39, 0.29) is 12.4 Å². The Hall–Kier alpha value is -1.31. The van der Waals surface area contributed by atoms with E-state index in [9.17, 15) is 4.79 Å². The molecule has 0 aliphatic carbocycles. The van der Waals surface area contributed by atoms with E-state index in [1.54, 1.807) is 0 Å². The molecule has 1 heterocycles. The highest BCUT2D eigenvalue weighted by Gasteiger charge is 2.24. The fraction of sp³-hybridized carbons (Fsp3) is 0.364. The van der Waals surface area contributed by atoms with Gasteiger partial charge in [0.2, 0.25) is 5.78 Å². The minimum Gasteiger partial charge on any atom is -0.484 e. The lowest BCUT2D eigenvalue weighted by Gasteiger charge is -2.09. The molecule has 13 heavy (non-hydrogen) atoms. The lowest BCUT2D eigenvalue weighted by Crippen LogP contribution is -1.98. The number of rotatable bonds is 1. The first kappa shape index (κ1) is 8.30. The Morgan fingerprint density at radius 1 is 1.38 bits per heavy atom. The van der Waals surface area contributed by atoms with Crippen molar-refractivity contribution < 1.29 is 9.53 Å². The van der Waals surface area contributed by atoms with Gasteiger partial charge in [-0.2, -0.15) is 0 Å². The molecule has 0 amide bonds. The van der Waals surface area contributed by atoms with Gasteiger partial charge in [0.15, 0.2) is 6.61 Å². The topological polar surface area (TPSA) is 26.3 Å². The number of Topliss-reactive ketones (excluding diaryl/α,β-unsaturated/α-hetero) is 1. The van der Waals surface area contributed by atoms with Crippen LogP contribution in [0.1, 0.15) is 35.7 Å². The van der Waals surface area contributed by atoms with E-state index in [2.05, 4.69) is 13.8 Å². The summed E-state index contributed by atoms with van der Waals surface area (Å²) in [6.07, 6.45) is 0. The summed E-state index contributed by atoms with van der Waals surface area (Å²) >= 11 is 0. The molecule has 1 aromatic carbocycles. The standard InChI is InChI=1S/C11H12O2/c1-7(2)8-4-3-5-9-10(12)6-13-11(8)9/h3-5,7H,6H2,1-2H3. The van der Waals surface area contributed by atoms with E-state index in [0.717, 1.165) is 16.9 Å². The molecule has 68 valence electrons. The molecule has 0 N–H and O–H groups in total. The molecule has 0 fully saturated rings. The summed E-state index contributed by atoms with van der Waals surface area (Å²) in [5, 5.41) is 0. The highest BCUT2D eigenvalue weighted by molar-refractivity contribution is 6.02. The molecule has 0 aromatic heterocycles. The first-order valence-corrected chi connectivity index (χ1v) is 4.49. The lowest BCUT2D eigenvalue weighted by atomic mass is 9.99. The summed E-state index contributed by atoms with van der Waals surface area (Å²) in [6.45, 7) is 4.41. The highest BCUT2D eigenvalue weighted by atomic mass is 16.5. The van der Waals surface area contributed by atoms with Gasteiger partial charge in [0, 0.05) is 0 Å². The Kier molecular flexibility index (Phi) is 1.83. The Labute approximate surface area is 77.5 Å². The number of para-hydroxylation sites is 1. The van der Waals surface area contributed by atoms with Gasteiger partial charge < -0.3 is 4.74 Å². The summed E-state index contributed by atoms with van der Waals surface area (Å²) in [5.74, 6) is 1.29. The number of ketones is 1. The maximum Gasteiger partial charge on any atom is 0.203 e. The van der Waals surface area contributed by atoms with Crippen molar-refractivity contribution in [1.82, 2.24) is 0 Å². The van der Waals surface area contributed by atoms with Crippen LogP contribution in [0.15, 0.2) is 18.2 Å². The SMILES string of the molecule is CC(C)c1cccc2c1OCC2=O. The molecular weight excluding hydrogens is 164 g/mol. The van der Waals surface area contributed by atoms with E-state index in [4.69, 9.17) is 4.74 Å². The summed E-state index contributed by atoms with van der Waals surface area (Å²) in [4.78, 5) is 11.3. The zero-order chi connectivity index (χ0) is 9.42. The van der Waals surface area contributed by atoms with Crippen LogP contribution in [0.5, 0.6) is 5.75 Å². The van der Waals surface area contributed by atoms with Gasteiger partial charge in [-0.15, -0.1) is 0 Å². The van der Waals surface area contributed by atoms with Crippen LogP contribution in [-0.2, 0) is 0 Å². The third-order valence-electron chi connectivity index (χ3n) is 2.32. The monoisotopic (exact) mass is 176 g/mol. The molecule has 0 radical (unpaired) electrons. The Bertz CT molecular complexity index is 353. The minimum atomic E-state index is 0.0949. The number of ether oxygens (including phenoxy) is 1. The maximum atomic E-state index is 11.3. The minimum absolute atomic E-state index is 0.0949. The number of carbonyl (C=O) groups excluding carboxylic acids is 1. The molecule has 0 saturated heterocycles. The number of hydrogen-bond donors (Lipinski definition) is 0. The second kappa shape index (κ2) is 2.87. The van der Waals surface area contributed by atoms with Crippen LogP contribution >= 0.6 is 0 Å². The van der Waals surface area contributed by atoms with Crippen LogP contribution in [0.2, 0.25) is 0 Å². The van der Waals surface area contributed by atoms with Crippen molar-refractivity contribution in [3.8, 4) is 5.75 Å². The van der Waals surface area contributed by atoms with E-state index in [1.165, 1.54) is 0 Å². The molecule has 0 atom stereocenters. The van der Waals surface area contributed by atoms with Crippen molar-refractivity contribution in [2.24, 2.45) is 0 Å². The van der Waals surface area contributed by atoms with Crippen molar-refractivity contribution in [3.63, 3.8) is 0 Å². The van der Waals surface area contributed by atoms with Crippen molar-refractivity contribution in [3.05, 3.63) is 29.3 Å². The Morgan fingerprint density at radius 3 is 2.85 bits per heavy atom. The first-order chi connectivity index (χ1) is 6.20. The molecule has 0 bridgehead atoms. The van der Waals surface area contributed by atoms with Crippen molar-refractivity contribution >= 4 is 5.78 Å². The lowest BCUT2D eigenvalue weighted by molar-refractivity contribution is 0.0961. The molecule has 1 aliphatic heterocycles. The maximum absolute atomic E-state index is 11.3. The van der Waals surface area contributed by atoms with Gasteiger partial charge in [0.1, 0.15) is 5.75 Å². The fourth-order valence-corrected chi connectivity index (χ4v) is 1.61.